The molecule has 9 nitrogen and oxygen atoms in total. The van der Waals surface area contributed by atoms with Gasteiger partial charge in [0.05, 0.1) is 22.3 Å². The lowest BCUT2D eigenvalue weighted by molar-refractivity contribution is -0.121. The van der Waals surface area contributed by atoms with Gasteiger partial charge in [-0.15, -0.1) is 0 Å². The molecule has 1 N–H and O–H groups in total. The normalized spacial score (nSPS) is 11.8. The molecular weight excluding hydrogens is 432 g/mol. The summed E-state index contributed by atoms with van der Waals surface area (Å²) < 4.78 is 29.0. The molecule has 0 atom stereocenters. The van der Waals surface area contributed by atoms with Gasteiger partial charge in [-0.3, -0.25) is 18.7 Å². The largest absolute Gasteiger partial charge is 0.355 e. The first-order valence-electron chi connectivity index (χ1n) is 10.1. The predicted octanol–water partition coefficient (Wildman–Crippen LogP) is 0.607. The fourth-order valence-corrected chi connectivity index (χ4v) is 4.58. The van der Waals surface area contributed by atoms with Crippen molar-refractivity contribution >= 4 is 26.8 Å². The van der Waals surface area contributed by atoms with E-state index >= 15 is 0 Å². The van der Waals surface area contributed by atoms with Crippen molar-refractivity contribution in [2.24, 2.45) is 14.1 Å². The number of aryl methyl sites for hydroxylation is 2. The Bertz CT molecular complexity index is 1360. The Morgan fingerprint density at radius 3 is 2.41 bits per heavy atom. The van der Waals surface area contributed by atoms with Crippen LogP contribution in [0.4, 0.5) is 0 Å². The van der Waals surface area contributed by atoms with Crippen LogP contribution in [0.15, 0.2) is 63.0 Å². The molecule has 0 aliphatic heterocycles. The molecular formula is C22H26N4O5S. The highest BCUT2D eigenvalue weighted by Crippen LogP contribution is 2.18. The van der Waals surface area contributed by atoms with Gasteiger partial charge < -0.3 is 5.32 Å². The van der Waals surface area contributed by atoms with Gasteiger partial charge in [-0.05, 0) is 36.6 Å². The first-order chi connectivity index (χ1) is 15.1. The third-order valence-electron chi connectivity index (χ3n) is 5.32. The van der Waals surface area contributed by atoms with Crippen molar-refractivity contribution in [3.63, 3.8) is 0 Å². The second-order valence-electron chi connectivity index (χ2n) is 7.58. The summed E-state index contributed by atoms with van der Waals surface area (Å²) in [4.78, 5) is 36.6. The fourth-order valence-electron chi connectivity index (χ4n) is 3.42. The number of hydrogen-bond donors (Lipinski definition) is 1. The molecule has 0 saturated carbocycles. The van der Waals surface area contributed by atoms with Crippen molar-refractivity contribution in [3.05, 3.63) is 74.9 Å². The van der Waals surface area contributed by atoms with E-state index in [-0.39, 0.29) is 16.8 Å². The van der Waals surface area contributed by atoms with E-state index in [1.165, 1.54) is 49.5 Å². The lowest BCUT2D eigenvalue weighted by Gasteiger charge is -2.17. The maximum Gasteiger partial charge on any atom is 0.330 e. The van der Waals surface area contributed by atoms with E-state index in [1.807, 2.05) is 30.3 Å². The Labute approximate surface area is 186 Å². The zero-order valence-electron chi connectivity index (χ0n) is 18.2. The van der Waals surface area contributed by atoms with Crippen LogP contribution in [-0.2, 0) is 35.3 Å². The highest BCUT2D eigenvalue weighted by atomic mass is 32.2. The third kappa shape index (κ3) is 4.81. The minimum atomic E-state index is -4.01. The SMILES string of the molecule is CN(CC(=O)NCCCc1ccccc1)S(=O)(=O)c1ccc2c(c1)c(=O)n(C)c(=O)n2C. The van der Waals surface area contributed by atoms with E-state index in [0.29, 0.717) is 12.1 Å². The number of nitrogens with zero attached hydrogens (tertiary/aromatic N) is 3. The maximum absolute atomic E-state index is 12.9. The topological polar surface area (TPSA) is 110 Å². The molecule has 0 fully saturated rings. The Morgan fingerprint density at radius 2 is 1.72 bits per heavy atom. The van der Waals surface area contributed by atoms with Gasteiger partial charge >= 0.3 is 5.69 Å². The summed E-state index contributed by atoms with van der Waals surface area (Å²) in [6.45, 7) is 0.0820. The van der Waals surface area contributed by atoms with E-state index in [2.05, 4.69) is 5.32 Å². The Hall–Kier alpha value is -3.24. The van der Waals surface area contributed by atoms with Gasteiger partial charge in [-0.2, -0.15) is 4.31 Å². The zero-order valence-corrected chi connectivity index (χ0v) is 19.1. The summed E-state index contributed by atoms with van der Waals surface area (Å²) >= 11 is 0. The number of carbonyl (C=O) groups excluding carboxylic acids is 1. The lowest BCUT2D eigenvalue weighted by atomic mass is 10.1. The highest BCUT2D eigenvalue weighted by molar-refractivity contribution is 7.89. The van der Waals surface area contributed by atoms with Crippen LogP contribution in [0, 0.1) is 0 Å². The van der Waals surface area contributed by atoms with E-state index in [9.17, 15) is 22.8 Å². The Kier molecular flexibility index (Phi) is 6.95. The van der Waals surface area contributed by atoms with Gasteiger partial charge in [0.1, 0.15) is 0 Å². The molecule has 1 aromatic heterocycles. The second-order valence-corrected chi connectivity index (χ2v) is 9.63. The van der Waals surface area contributed by atoms with Gasteiger partial charge in [0, 0.05) is 27.7 Å². The zero-order chi connectivity index (χ0) is 23.5. The molecule has 0 saturated heterocycles. The first-order valence-corrected chi connectivity index (χ1v) is 11.5. The quantitative estimate of drug-likeness (QED) is 0.497. The van der Waals surface area contributed by atoms with E-state index in [1.54, 1.807) is 0 Å². The number of nitrogens with one attached hydrogen (secondary N) is 1. The number of rotatable bonds is 8. The summed E-state index contributed by atoms with van der Waals surface area (Å²) in [5, 5.41) is 2.84. The molecule has 1 heterocycles. The molecule has 170 valence electrons. The number of sulfonamides is 1. The van der Waals surface area contributed by atoms with Crippen molar-refractivity contribution in [1.82, 2.24) is 18.8 Å². The van der Waals surface area contributed by atoms with Crippen molar-refractivity contribution in [2.75, 3.05) is 20.1 Å². The van der Waals surface area contributed by atoms with Crippen LogP contribution in [0.1, 0.15) is 12.0 Å². The van der Waals surface area contributed by atoms with Crippen LogP contribution in [0.25, 0.3) is 10.9 Å². The van der Waals surface area contributed by atoms with Crippen LogP contribution >= 0.6 is 0 Å². The first kappa shape index (κ1) is 23.4. The minimum Gasteiger partial charge on any atom is -0.355 e. The summed E-state index contributed by atoms with van der Waals surface area (Å²) in [5.74, 6) is -0.414. The van der Waals surface area contributed by atoms with Crippen molar-refractivity contribution in [1.29, 1.82) is 0 Å². The van der Waals surface area contributed by atoms with Crippen molar-refractivity contribution in [2.45, 2.75) is 17.7 Å². The average Bonchev–Trinajstić information content (AvgIpc) is 2.79. The van der Waals surface area contributed by atoms with Gasteiger partial charge in [0.2, 0.25) is 15.9 Å². The number of hydrogen-bond acceptors (Lipinski definition) is 5. The van der Waals surface area contributed by atoms with E-state index in [4.69, 9.17) is 0 Å². The average molecular weight is 459 g/mol. The molecule has 0 unspecified atom stereocenters. The van der Waals surface area contributed by atoms with Crippen LogP contribution in [0.2, 0.25) is 0 Å². The predicted molar refractivity (Wildman–Crippen MR) is 122 cm³/mol. The number of amides is 1. The number of likely N-dealkylation sites (N-methyl/N-ethyl adjacent to an activating group) is 1. The molecule has 0 aliphatic carbocycles. The Morgan fingerprint density at radius 1 is 1.03 bits per heavy atom. The molecule has 0 aliphatic rings. The van der Waals surface area contributed by atoms with Crippen LogP contribution in [0.5, 0.6) is 0 Å². The fraction of sp³-hybridized carbons (Fsp3) is 0.318. The molecule has 0 radical (unpaired) electrons. The summed E-state index contributed by atoms with van der Waals surface area (Å²) in [7, 11) is 0.132. The van der Waals surface area contributed by atoms with E-state index < -0.39 is 27.2 Å². The van der Waals surface area contributed by atoms with Crippen LogP contribution in [-0.4, -0.2) is 47.9 Å². The summed E-state index contributed by atoms with van der Waals surface area (Å²) in [5.41, 5.74) is 0.412. The van der Waals surface area contributed by atoms with Crippen molar-refractivity contribution < 1.29 is 13.2 Å². The van der Waals surface area contributed by atoms with E-state index in [0.717, 1.165) is 21.7 Å². The standard InChI is InChI=1S/C22H26N4O5S/c1-24(15-20(27)23-13-7-10-16-8-5-4-6-9-16)32(30,31)17-11-12-19-18(14-17)21(28)26(3)22(29)25(19)2/h4-6,8-9,11-12,14H,7,10,13,15H2,1-3H3,(H,23,27). The molecule has 2 aromatic carbocycles. The highest BCUT2D eigenvalue weighted by Gasteiger charge is 2.24. The number of benzene rings is 2. The molecule has 1 amide bonds. The molecule has 0 spiro atoms. The molecule has 32 heavy (non-hydrogen) atoms. The molecule has 3 rings (SSSR count). The van der Waals surface area contributed by atoms with Crippen molar-refractivity contribution in [3.8, 4) is 0 Å². The smallest absolute Gasteiger partial charge is 0.330 e. The minimum absolute atomic E-state index is 0.106. The van der Waals surface area contributed by atoms with Gasteiger partial charge in [-0.1, -0.05) is 30.3 Å². The van der Waals surface area contributed by atoms with Gasteiger partial charge in [0.15, 0.2) is 0 Å². The third-order valence-corrected chi connectivity index (χ3v) is 7.12. The summed E-state index contributed by atoms with van der Waals surface area (Å²) in [6, 6.07) is 13.9. The molecule has 3 aromatic rings. The maximum atomic E-state index is 12.9. The monoisotopic (exact) mass is 458 g/mol. The Balaban J connectivity index is 1.69. The van der Waals surface area contributed by atoms with Gasteiger partial charge in [-0.25, -0.2) is 13.2 Å². The second kappa shape index (κ2) is 9.49. The number of aromatic nitrogens is 2. The molecule has 0 bridgehead atoms. The number of carbonyl (C=O) groups is 1. The van der Waals surface area contributed by atoms with Crippen LogP contribution in [0.3, 0.4) is 0 Å². The van der Waals surface area contributed by atoms with Gasteiger partial charge in [0.25, 0.3) is 5.56 Å². The molecule has 10 heteroatoms. The van der Waals surface area contributed by atoms with Crippen LogP contribution < -0.4 is 16.6 Å². The number of fused-ring (bicyclic) bond motifs is 1. The lowest BCUT2D eigenvalue weighted by Crippen LogP contribution is -2.39. The summed E-state index contributed by atoms with van der Waals surface area (Å²) in [6.07, 6.45) is 1.54.